The second-order valence-corrected chi connectivity index (χ2v) is 5.61. The van der Waals surface area contributed by atoms with Gasteiger partial charge in [0.15, 0.2) is 0 Å². The highest BCUT2D eigenvalue weighted by atomic mass is 16.4. The van der Waals surface area contributed by atoms with E-state index in [1.54, 1.807) is 9.58 Å². The fourth-order valence-electron chi connectivity index (χ4n) is 2.77. The Morgan fingerprint density at radius 3 is 2.76 bits per heavy atom. The maximum Gasteiger partial charge on any atom is 0.317 e. The summed E-state index contributed by atoms with van der Waals surface area (Å²) in [5.74, 6) is -1.32. The number of likely N-dealkylation sites (tertiary alicyclic amines) is 1. The lowest BCUT2D eigenvalue weighted by molar-refractivity contribution is -0.142. The van der Waals surface area contributed by atoms with Crippen molar-refractivity contribution < 1.29 is 14.7 Å². The van der Waals surface area contributed by atoms with Crippen LogP contribution in [0.2, 0.25) is 0 Å². The number of carbonyl (C=O) groups excluding carboxylic acids is 1. The minimum Gasteiger partial charge on any atom is -0.481 e. The van der Waals surface area contributed by atoms with E-state index in [2.05, 4.69) is 10.4 Å². The van der Waals surface area contributed by atoms with Crippen molar-refractivity contribution in [1.29, 1.82) is 0 Å². The quantitative estimate of drug-likeness (QED) is 0.861. The van der Waals surface area contributed by atoms with Gasteiger partial charge in [0, 0.05) is 38.4 Å². The molecule has 1 aromatic rings. The number of carbonyl (C=O) groups is 2. The number of hydrogen-bond donors (Lipinski definition) is 2. The fraction of sp³-hybridized carbons (Fsp3) is 0.643. The molecule has 21 heavy (non-hydrogen) atoms. The molecular weight excluding hydrogens is 272 g/mol. The van der Waals surface area contributed by atoms with Crippen LogP contribution in [0.5, 0.6) is 0 Å². The lowest BCUT2D eigenvalue weighted by Gasteiger charge is -2.16. The van der Waals surface area contributed by atoms with E-state index in [-0.39, 0.29) is 18.5 Å². The third-order valence-corrected chi connectivity index (χ3v) is 3.97. The Morgan fingerprint density at radius 1 is 1.48 bits per heavy atom. The minimum absolute atomic E-state index is 0.0159. The van der Waals surface area contributed by atoms with Crippen molar-refractivity contribution in [3.63, 3.8) is 0 Å². The highest BCUT2D eigenvalue weighted by molar-refractivity contribution is 5.77. The lowest BCUT2D eigenvalue weighted by atomic mass is 9.99. The number of aryl methyl sites for hydroxylation is 2. The number of carboxylic acids is 1. The molecule has 7 heteroatoms. The van der Waals surface area contributed by atoms with Gasteiger partial charge >= 0.3 is 12.0 Å². The molecule has 0 saturated carbocycles. The summed E-state index contributed by atoms with van der Waals surface area (Å²) in [7, 11) is 1.85. The molecule has 1 aromatic heterocycles. The highest BCUT2D eigenvalue weighted by Gasteiger charge is 2.36. The van der Waals surface area contributed by atoms with E-state index in [0.717, 1.165) is 17.7 Å². The van der Waals surface area contributed by atoms with Gasteiger partial charge in [0.05, 0.1) is 11.6 Å². The predicted molar refractivity (Wildman–Crippen MR) is 76.7 cm³/mol. The van der Waals surface area contributed by atoms with Crippen LogP contribution < -0.4 is 5.32 Å². The molecule has 0 spiro atoms. The van der Waals surface area contributed by atoms with Crippen molar-refractivity contribution in [2.45, 2.75) is 26.8 Å². The van der Waals surface area contributed by atoms with E-state index in [4.69, 9.17) is 5.11 Å². The first kappa shape index (κ1) is 15.3. The number of amides is 2. The summed E-state index contributed by atoms with van der Waals surface area (Å²) in [5, 5.41) is 16.3. The zero-order valence-electron chi connectivity index (χ0n) is 12.7. The maximum absolute atomic E-state index is 12.1. The number of aromatic nitrogens is 2. The summed E-state index contributed by atoms with van der Waals surface area (Å²) in [6.07, 6.45) is 2.71. The highest BCUT2D eigenvalue weighted by Crippen LogP contribution is 2.23. The zero-order valence-corrected chi connectivity index (χ0v) is 12.7. The smallest absolute Gasteiger partial charge is 0.317 e. The van der Waals surface area contributed by atoms with Crippen LogP contribution in [-0.4, -0.2) is 44.9 Å². The van der Waals surface area contributed by atoms with E-state index in [9.17, 15) is 9.59 Å². The van der Waals surface area contributed by atoms with E-state index < -0.39 is 11.9 Å². The molecule has 0 aromatic carbocycles. The van der Waals surface area contributed by atoms with Crippen LogP contribution in [0, 0.1) is 11.8 Å². The first-order chi connectivity index (χ1) is 9.92. The molecule has 1 aliphatic rings. The first-order valence-electron chi connectivity index (χ1n) is 7.19. The number of rotatable bonds is 4. The normalized spacial score (nSPS) is 21.6. The molecule has 2 amide bonds. The summed E-state index contributed by atoms with van der Waals surface area (Å²) >= 11 is 0. The van der Waals surface area contributed by atoms with Gasteiger partial charge in [-0.15, -0.1) is 0 Å². The molecule has 1 aliphatic heterocycles. The van der Waals surface area contributed by atoms with Gasteiger partial charge in [-0.3, -0.25) is 9.48 Å². The number of carboxylic acid groups (broad SMARTS) is 1. The molecule has 0 radical (unpaired) electrons. The number of nitrogens with zero attached hydrogens (tertiary/aromatic N) is 3. The van der Waals surface area contributed by atoms with Crippen molar-refractivity contribution in [2.75, 3.05) is 13.1 Å². The Labute approximate surface area is 123 Å². The number of aliphatic carboxylic acids is 1. The molecule has 7 nitrogen and oxygen atoms in total. The van der Waals surface area contributed by atoms with Crippen LogP contribution in [0.1, 0.15) is 25.1 Å². The Balaban J connectivity index is 1.92. The molecule has 1 saturated heterocycles. The third kappa shape index (κ3) is 3.34. The Morgan fingerprint density at radius 2 is 2.19 bits per heavy atom. The van der Waals surface area contributed by atoms with Crippen LogP contribution in [0.25, 0.3) is 0 Å². The molecule has 116 valence electrons. The van der Waals surface area contributed by atoms with Crippen LogP contribution in [0.15, 0.2) is 6.20 Å². The predicted octanol–water partition coefficient (Wildman–Crippen LogP) is 0.845. The minimum atomic E-state index is -0.835. The fourth-order valence-corrected chi connectivity index (χ4v) is 2.77. The van der Waals surface area contributed by atoms with Crippen molar-refractivity contribution in [3.8, 4) is 0 Å². The molecule has 0 aliphatic carbocycles. The molecule has 0 bridgehead atoms. The Bertz CT molecular complexity index is 540. The number of urea groups is 1. The first-order valence-corrected chi connectivity index (χ1v) is 7.19. The maximum atomic E-state index is 12.1. The molecule has 1 fully saturated rings. The van der Waals surface area contributed by atoms with Gasteiger partial charge in [0.2, 0.25) is 0 Å². The summed E-state index contributed by atoms with van der Waals surface area (Å²) in [6.45, 7) is 5.06. The number of nitrogens with one attached hydrogen (secondary N) is 1. The summed E-state index contributed by atoms with van der Waals surface area (Å²) < 4.78 is 1.73. The lowest BCUT2D eigenvalue weighted by Crippen LogP contribution is -2.38. The average molecular weight is 294 g/mol. The van der Waals surface area contributed by atoms with Crippen molar-refractivity contribution >= 4 is 12.0 Å². The second-order valence-electron chi connectivity index (χ2n) is 5.61. The van der Waals surface area contributed by atoms with Crippen LogP contribution in [-0.2, 0) is 24.8 Å². The average Bonchev–Trinajstić information content (AvgIpc) is 2.98. The van der Waals surface area contributed by atoms with Gasteiger partial charge in [-0.25, -0.2) is 4.79 Å². The van der Waals surface area contributed by atoms with Crippen molar-refractivity contribution in [2.24, 2.45) is 18.9 Å². The largest absolute Gasteiger partial charge is 0.481 e. The molecule has 2 unspecified atom stereocenters. The van der Waals surface area contributed by atoms with Crippen molar-refractivity contribution in [3.05, 3.63) is 17.5 Å². The molecule has 2 atom stereocenters. The monoisotopic (exact) mass is 294 g/mol. The standard InChI is InChI=1S/C14H22N4O3/c1-4-12-10(7-17(3)16-12)5-15-14(21)18-6-9(2)11(8-18)13(19)20/h7,9,11H,4-6,8H2,1-3H3,(H,15,21)(H,19,20). The summed E-state index contributed by atoms with van der Waals surface area (Å²) in [5.41, 5.74) is 1.96. The van der Waals surface area contributed by atoms with Crippen LogP contribution in [0.4, 0.5) is 4.79 Å². The molecule has 2 N–H and O–H groups in total. The van der Waals surface area contributed by atoms with Gasteiger partial charge in [0.25, 0.3) is 0 Å². The topological polar surface area (TPSA) is 87.5 Å². The Hall–Kier alpha value is -2.05. The summed E-state index contributed by atoms with van der Waals surface area (Å²) in [4.78, 5) is 24.8. The van der Waals surface area contributed by atoms with Crippen molar-refractivity contribution in [1.82, 2.24) is 20.0 Å². The van der Waals surface area contributed by atoms with E-state index >= 15 is 0 Å². The molecule has 2 heterocycles. The Kier molecular flexibility index (Phi) is 4.50. The van der Waals surface area contributed by atoms with Gasteiger partial charge in [-0.2, -0.15) is 5.10 Å². The number of hydrogen-bond acceptors (Lipinski definition) is 3. The summed E-state index contributed by atoms with van der Waals surface area (Å²) in [6, 6.07) is -0.212. The van der Waals surface area contributed by atoms with Gasteiger partial charge in [-0.1, -0.05) is 13.8 Å². The van der Waals surface area contributed by atoms with E-state index in [0.29, 0.717) is 13.1 Å². The third-order valence-electron chi connectivity index (χ3n) is 3.97. The SMILES string of the molecule is CCc1nn(C)cc1CNC(=O)N1CC(C)C(C(=O)O)C1. The van der Waals surface area contributed by atoms with Gasteiger partial charge < -0.3 is 15.3 Å². The second kappa shape index (κ2) is 6.15. The van der Waals surface area contributed by atoms with Gasteiger partial charge in [-0.05, 0) is 12.3 Å². The molecule has 2 rings (SSSR count). The van der Waals surface area contributed by atoms with Crippen LogP contribution in [0.3, 0.4) is 0 Å². The van der Waals surface area contributed by atoms with E-state index in [1.165, 1.54) is 0 Å². The van der Waals surface area contributed by atoms with E-state index in [1.807, 2.05) is 27.1 Å². The van der Waals surface area contributed by atoms with Gasteiger partial charge in [0.1, 0.15) is 0 Å². The van der Waals surface area contributed by atoms with Crippen LogP contribution >= 0.6 is 0 Å². The molecular formula is C14H22N4O3. The zero-order chi connectivity index (χ0) is 15.6.